The van der Waals surface area contributed by atoms with Crippen LogP contribution in [-0.2, 0) is 0 Å². The van der Waals surface area contributed by atoms with Gasteiger partial charge in [-0.2, -0.15) is 0 Å². The zero-order valence-corrected chi connectivity index (χ0v) is 17.6. The highest BCUT2D eigenvalue weighted by atomic mass is 32.1. The summed E-state index contributed by atoms with van der Waals surface area (Å²) in [6.45, 7) is 0.987. The number of urea groups is 1. The number of hydrogen-bond acceptors (Lipinski definition) is 6. The lowest BCUT2D eigenvalue weighted by atomic mass is 10.2. The first kappa shape index (κ1) is 19.8. The molecule has 0 fully saturated rings. The molecule has 0 spiro atoms. The number of nitrogens with zero attached hydrogens (tertiary/aromatic N) is 1. The predicted molar refractivity (Wildman–Crippen MR) is 124 cm³/mol. The van der Waals surface area contributed by atoms with Crippen molar-refractivity contribution in [3.8, 4) is 11.5 Å². The van der Waals surface area contributed by atoms with E-state index in [9.17, 15) is 9.59 Å². The summed E-state index contributed by atoms with van der Waals surface area (Å²) in [7, 11) is 0. The van der Waals surface area contributed by atoms with Crippen LogP contribution in [0.3, 0.4) is 0 Å². The fourth-order valence-corrected chi connectivity index (χ4v) is 4.07. The van der Waals surface area contributed by atoms with E-state index in [1.54, 1.807) is 54.6 Å². The number of carbonyl (C=O) groups excluding carboxylic acids is 2. The van der Waals surface area contributed by atoms with Gasteiger partial charge in [-0.3, -0.25) is 10.1 Å². The lowest BCUT2D eigenvalue weighted by molar-refractivity contribution is 0.102. The Kier molecular flexibility index (Phi) is 5.30. The minimum atomic E-state index is -0.395. The van der Waals surface area contributed by atoms with Crippen LogP contribution < -0.4 is 25.4 Å². The molecule has 0 saturated carbocycles. The second-order valence-corrected chi connectivity index (χ2v) is 7.99. The third-order valence-corrected chi connectivity index (χ3v) is 5.65. The topological polar surface area (TPSA) is 102 Å². The van der Waals surface area contributed by atoms with E-state index in [1.165, 1.54) is 11.3 Å². The molecule has 2 heterocycles. The van der Waals surface area contributed by atoms with Gasteiger partial charge in [-0.1, -0.05) is 29.5 Å². The number of fused-ring (bicyclic) bond motifs is 2. The number of hydrogen-bond donors (Lipinski definition) is 3. The number of amides is 3. The van der Waals surface area contributed by atoms with Gasteiger partial charge in [0, 0.05) is 23.0 Å². The third kappa shape index (κ3) is 4.33. The Morgan fingerprint density at radius 1 is 0.812 bits per heavy atom. The largest absolute Gasteiger partial charge is 0.486 e. The Bertz CT molecular complexity index is 1310. The van der Waals surface area contributed by atoms with Crippen molar-refractivity contribution in [3.05, 3.63) is 72.3 Å². The number of aromatic nitrogens is 1. The van der Waals surface area contributed by atoms with E-state index in [2.05, 4.69) is 20.9 Å². The van der Waals surface area contributed by atoms with Gasteiger partial charge in [0.15, 0.2) is 16.6 Å². The minimum absolute atomic E-state index is 0.221. The Hall–Kier alpha value is -4.11. The Morgan fingerprint density at radius 3 is 2.34 bits per heavy atom. The maximum absolute atomic E-state index is 12.4. The van der Waals surface area contributed by atoms with Crippen molar-refractivity contribution < 1.29 is 19.1 Å². The van der Waals surface area contributed by atoms with E-state index in [0.717, 1.165) is 4.70 Å². The molecule has 0 radical (unpaired) electrons. The Balaban J connectivity index is 1.25. The molecule has 3 N–H and O–H groups in total. The minimum Gasteiger partial charge on any atom is -0.486 e. The number of ether oxygens (including phenoxy) is 2. The summed E-state index contributed by atoms with van der Waals surface area (Å²) in [4.78, 5) is 29.2. The van der Waals surface area contributed by atoms with Crippen molar-refractivity contribution in [1.29, 1.82) is 0 Å². The van der Waals surface area contributed by atoms with Crippen LogP contribution in [-0.4, -0.2) is 30.1 Å². The van der Waals surface area contributed by atoms with Crippen LogP contribution in [0, 0.1) is 0 Å². The second-order valence-electron chi connectivity index (χ2n) is 6.96. The van der Waals surface area contributed by atoms with E-state index in [0.29, 0.717) is 52.3 Å². The van der Waals surface area contributed by atoms with Crippen molar-refractivity contribution in [2.75, 3.05) is 29.2 Å². The van der Waals surface area contributed by atoms with Gasteiger partial charge in [-0.05, 0) is 42.5 Å². The Morgan fingerprint density at radius 2 is 1.53 bits per heavy atom. The summed E-state index contributed by atoms with van der Waals surface area (Å²) >= 11 is 1.37. The van der Waals surface area contributed by atoms with Crippen LogP contribution >= 0.6 is 11.3 Å². The molecule has 0 unspecified atom stereocenters. The quantitative estimate of drug-likeness (QED) is 0.411. The standard InChI is InChI=1S/C23H18N4O4S/c28-21(14-4-2-1-3-5-14)27-23-26-17-12-15(7-9-20(17)32-23)24-22(29)25-16-6-8-18-19(13-16)31-11-10-30-18/h1-9,12-13H,10-11H2,(H2,24,25,29)(H,26,27,28). The zero-order chi connectivity index (χ0) is 21.9. The number of carbonyl (C=O) groups is 2. The van der Waals surface area contributed by atoms with Crippen LogP contribution in [0.15, 0.2) is 66.7 Å². The number of benzene rings is 3. The molecule has 32 heavy (non-hydrogen) atoms. The highest BCUT2D eigenvalue weighted by Crippen LogP contribution is 2.33. The maximum atomic E-state index is 12.4. The van der Waals surface area contributed by atoms with Gasteiger partial charge < -0.3 is 20.1 Å². The normalized spacial score (nSPS) is 12.2. The molecule has 1 aliphatic heterocycles. The molecule has 160 valence electrons. The molecular weight excluding hydrogens is 428 g/mol. The highest BCUT2D eigenvalue weighted by molar-refractivity contribution is 7.22. The molecule has 0 atom stereocenters. The van der Waals surface area contributed by atoms with Crippen molar-refractivity contribution in [3.63, 3.8) is 0 Å². The smallest absolute Gasteiger partial charge is 0.323 e. The first-order valence-corrected chi connectivity index (χ1v) is 10.7. The Labute approximate surface area is 187 Å². The van der Waals surface area contributed by atoms with Crippen LogP contribution in [0.25, 0.3) is 10.2 Å². The van der Waals surface area contributed by atoms with Crippen molar-refractivity contribution >= 4 is 50.0 Å². The van der Waals surface area contributed by atoms with E-state index < -0.39 is 6.03 Å². The van der Waals surface area contributed by atoms with E-state index in [4.69, 9.17) is 9.47 Å². The number of anilines is 3. The number of nitrogens with one attached hydrogen (secondary N) is 3. The van der Waals surface area contributed by atoms with Gasteiger partial charge in [0.25, 0.3) is 5.91 Å². The summed E-state index contributed by atoms with van der Waals surface area (Å²) in [6.07, 6.45) is 0. The van der Waals surface area contributed by atoms with Crippen molar-refractivity contribution in [2.45, 2.75) is 0 Å². The average Bonchev–Trinajstić information content (AvgIpc) is 3.21. The number of rotatable bonds is 4. The molecular formula is C23H18N4O4S. The molecule has 9 heteroatoms. The molecule has 0 saturated heterocycles. The molecule has 8 nitrogen and oxygen atoms in total. The molecule has 1 aromatic heterocycles. The molecule has 0 bridgehead atoms. The van der Waals surface area contributed by atoms with Gasteiger partial charge in [-0.15, -0.1) is 0 Å². The van der Waals surface area contributed by atoms with Crippen LogP contribution in [0.1, 0.15) is 10.4 Å². The summed E-state index contributed by atoms with van der Waals surface area (Å²) in [5.41, 5.74) is 2.41. The zero-order valence-electron chi connectivity index (χ0n) is 16.8. The summed E-state index contributed by atoms with van der Waals surface area (Å²) in [5, 5.41) is 8.88. The molecule has 5 rings (SSSR count). The third-order valence-electron chi connectivity index (χ3n) is 4.70. The van der Waals surface area contributed by atoms with Crippen molar-refractivity contribution in [2.24, 2.45) is 0 Å². The molecule has 0 aliphatic carbocycles. The van der Waals surface area contributed by atoms with E-state index in [-0.39, 0.29) is 5.91 Å². The first-order valence-electron chi connectivity index (χ1n) is 9.89. The van der Waals surface area contributed by atoms with Crippen LogP contribution in [0.2, 0.25) is 0 Å². The van der Waals surface area contributed by atoms with Gasteiger partial charge >= 0.3 is 6.03 Å². The summed E-state index contributed by atoms with van der Waals surface area (Å²) in [6, 6.07) is 19.2. The van der Waals surface area contributed by atoms with Gasteiger partial charge in [-0.25, -0.2) is 9.78 Å². The van der Waals surface area contributed by atoms with Gasteiger partial charge in [0.05, 0.1) is 10.2 Å². The second kappa shape index (κ2) is 8.56. The number of thiazole rings is 1. The lowest BCUT2D eigenvalue weighted by Crippen LogP contribution is -2.20. The summed E-state index contributed by atoms with van der Waals surface area (Å²) in [5.74, 6) is 1.04. The molecule has 4 aromatic rings. The van der Waals surface area contributed by atoms with Crippen LogP contribution in [0.4, 0.5) is 21.3 Å². The molecule has 3 aromatic carbocycles. The SMILES string of the molecule is O=C(Nc1ccc2c(c1)OCCO2)Nc1ccc2sc(NC(=O)c3ccccc3)nc2c1. The van der Waals surface area contributed by atoms with Gasteiger partial charge in [0.1, 0.15) is 13.2 Å². The van der Waals surface area contributed by atoms with Crippen LogP contribution in [0.5, 0.6) is 11.5 Å². The van der Waals surface area contributed by atoms with Crippen molar-refractivity contribution in [1.82, 2.24) is 4.98 Å². The summed E-state index contributed by atoms with van der Waals surface area (Å²) < 4.78 is 11.9. The maximum Gasteiger partial charge on any atom is 0.323 e. The highest BCUT2D eigenvalue weighted by Gasteiger charge is 2.14. The van der Waals surface area contributed by atoms with E-state index >= 15 is 0 Å². The molecule has 1 aliphatic rings. The predicted octanol–water partition coefficient (Wildman–Crippen LogP) is 4.96. The average molecular weight is 446 g/mol. The molecule has 3 amide bonds. The van der Waals surface area contributed by atoms with E-state index in [1.807, 2.05) is 12.1 Å². The first-order chi connectivity index (χ1) is 15.6. The fourth-order valence-electron chi connectivity index (χ4n) is 3.23. The van der Waals surface area contributed by atoms with Gasteiger partial charge in [0.2, 0.25) is 0 Å². The lowest BCUT2D eigenvalue weighted by Gasteiger charge is -2.19. The fraction of sp³-hybridized carbons (Fsp3) is 0.0870. The monoisotopic (exact) mass is 446 g/mol.